The van der Waals surface area contributed by atoms with Gasteiger partial charge in [0.1, 0.15) is 11.6 Å². The molecule has 1 saturated carbocycles. The van der Waals surface area contributed by atoms with Gasteiger partial charge in [-0.05, 0) is 51.9 Å². The number of piperazine rings is 1. The van der Waals surface area contributed by atoms with Gasteiger partial charge in [0.05, 0.1) is 11.8 Å². The molecule has 3 heterocycles. The van der Waals surface area contributed by atoms with E-state index in [0.29, 0.717) is 25.3 Å². The molecule has 1 aromatic heterocycles. The van der Waals surface area contributed by atoms with Gasteiger partial charge in [-0.15, -0.1) is 0 Å². The van der Waals surface area contributed by atoms with Crippen LogP contribution in [-0.2, 0) is 27.9 Å². The smallest absolute Gasteiger partial charge is 0.248 e. The van der Waals surface area contributed by atoms with Gasteiger partial charge in [-0.1, -0.05) is 32.6 Å². The van der Waals surface area contributed by atoms with E-state index < -0.39 is 11.6 Å². The molecule has 0 aromatic carbocycles. The summed E-state index contributed by atoms with van der Waals surface area (Å²) in [6, 6.07) is -0.572. The fourth-order valence-corrected chi connectivity index (χ4v) is 6.61. The maximum absolute atomic E-state index is 14.0. The van der Waals surface area contributed by atoms with Crippen LogP contribution in [-0.4, -0.2) is 75.8 Å². The minimum atomic E-state index is -0.747. The third kappa shape index (κ3) is 5.01. The summed E-state index contributed by atoms with van der Waals surface area (Å²) in [5.74, 6) is 0.408. The number of aryl methyl sites for hydroxylation is 2. The van der Waals surface area contributed by atoms with Crippen molar-refractivity contribution in [2.75, 3.05) is 26.7 Å². The molecule has 2 amide bonds. The van der Waals surface area contributed by atoms with Gasteiger partial charge < -0.3 is 15.0 Å². The maximum Gasteiger partial charge on any atom is 0.248 e. The number of rotatable bonds is 8. The number of hydrogen-bond acceptors (Lipinski definition) is 5. The van der Waals surface area contributed by atoms with Crippen LogP contribution in [0.2, 0.25) is 0 Å². The molecule has 1 spiro atoms. The minimum Gasteiger partial charge on any atom is -0.378 e. The van der Waals surface area contributed by atoms with Crippen LogP contribution in [0.25, 0.3) is 0 Å². The highest BCUT2D eigenvalue weighted by Crippen LogP contribution is 2.37. The second-order valence-corrected chi connectivity index (χ2v) is 11.0. The lowest BCUT2D eigenvalue weighted by Crippen LogP contribution is -2.75. The standard InChI is InChI=1S/C27H45N5O3/c1-6-7-15-32-25(33)23(24(35-5)21-11-9-8-10-12-21)28-26(34)27(32)13-16-31(17-14-27)18-22-19(2)29-30(4)20(22)3/h21,23-24H,6-18H2,1-5H3,(H,28,34)/t23-,24-/m1/s1. The number of amides is 2. The Morgan fingerprint density at radius 1 is 1.14 bits per heavy atom. The quantitative estimate of drug-likeness (QED) is 0.610. The van der Waals surface area contributed by atoms with E-state index in [0.717, 1.165) is 51.0 Å². The summed E-state index contributed by atoms with van der Waals surface area (Å²) in [7, 11) is 3.68. The van der Waals surface area contributed by atoms with Crippen molar-refractivity contribution < 1.29 is 14.3 Å². The van der Waals surface area contributed by atoms with Crippen molar-refractivity contribution in [1.82, 2.24) is 24.9 Å². The third-order valence-electron chi connectivity index (χ3n) is 8.93. The van der Waals surface area contributed by atoms with E-state index in [1.165, 1.54) is 30.5 Å². The van der Waals surface area contributed by atoms with Crippen LogP contribution in [0.4, 0.5) is 0 Å². The van der Waals surface area contributed by atoms with Crippen LogP contribution < -0.4 is 5.32 Å². The van der Waals surface area contributed by atoms with Crippen LogP contribution in [0.1, 0.15) is 81.7 Å². The highest BCUT2D eigenvalue weighted by Gasteiger charge is 2.55. The Balaban J connectivity index is 1.51. The SMILES string of the molecule is CCCCN1C(=O)[C@@H]([C@H](OC)C2CCCCC2)NC(=O)C12CCN(Cc1c(C)nn(C)c1C)CC2. The molecule has 4 rings (SSSR count). The summed E-state index contributed by atoms with van der Waals surface area (Å²) in [5.41, 5.74) is 2.78. The zero-order valence-electron chi connectivity index (χ0n) is 22.4. The normalized spacial score (nSPS) is 24.7. The van der Waals surface area contributed by atoms with Crippen molar-refractivity contribution in [3.05, 3.63) is 17.0 Å². The highest BCUT2D eigenvalue weighted by molar-refractivity contribution is 6.00. The zero-order valence-corrected chi connectivity index (χ0v) is 22.4. The molecule has 0 unspecified atom stereocenters. The molecule has 35 heavy (non-hydrogen) atoms. The van der Waals surface area contributed by atoms with E-state index in [2.05, 4.69) is 36.1 Å². The van der Waals surface area contributed by atoms with Gasteiger partial charge in [0.2, 0.25) is 11.8 Å². The van der Waals surface area contributed by atoms with Crippen molar-refractivity contribution >= 4 is 11.8 Å². The molecule has 2 aliphatic heterocycles. The lowest BCUT2D eigenvalue weighted by Gasteiger charge is -2.53. The summed E-state index contributed by atoms with van der Waals surface area (Å²) in [6.07, 6.45) is 8.73. The number of nitrogens with one attached hydrogen (secondary N) is 1. The Morgan fingerprint density at radius 2 is 1.83 bits per heavy atom. The molecule has 3 fully saturated rings. The Morgan fingerprint density at radius 3 is 2.40 bits per heavy atom. The number of nitrogens with zero attached hydrogens (tertiary/aromatic N) is 4. The molecule has 1 N–H and O–H groups in total. The summed E-state index contributed by atoms with van der Waals surface area (Å²) in [4.78, 5) is 32.1. The van der Waals surface area contributed by atoms with E-state index >= 15 is 0 Å². The lowest BCUT2D eigenvalue weighted by atomic mass is 9.77. The Bertz CT molecular complexity index is 899. The van der Waals surface area contributed by atoms with Gasteiger partial charge in [-0.2, -0.15) is 5.10 Å². The molecule has 196 valence electrons. The number of aromatic nitrogens is 2. The second kappa shape index (κ2) is 11.0. The van der Waals surface area contributed by atoms with E-state index in [1.54, 1.807) is 7.11 Å². The fourth-order valence-electron chi connectivity index (χ4n) is 6.61. The van der Waals surface area contributed by atoms with Gasteiger partial charge in [-0.25, -0.2) is 0 Å². The predicted molar refractivity (Wildman–Crippen MR) is 136 cm³/mol. The van der Waals surface area contributed by atoms with Crippen molar-refractivity contribution in [3.8, 4) is 0 Å². The van der Waals surface area contributed by atoms with Gasteiger partial charge in [0.25, 0.3) is 0 Å². The summed E-state index contributed by atoms with van der Waals surface area (Å²) in [5, 5.41) is 7.74. The van der Waals surface area contributed by atoms with Gasteiger partial charge in [0, 0.05) is 51.6 Å². The summed E-state index contributed by atoms with van der Waals surface area (Å²) < 4.78 is 7.85. The van der Waals surface area contributed by atoms with E-state index in [1.807, 2.05) is 16.6 Å². The molecule has 0 radical (unpaired) electrons. The largest absolute Gasteiger partial charge is 0.378 e. The lowest BCUT2D eigenvalue weighted by molar-refractivity contribution is -0.167. The van der Waals surface area contributed by atoms with E-state index in [-0.39, 0.29) is 17.9 Å². The average Bonchev–Trinajstić information content (AvgIpc) is 3.10. The first-order valence-electron chi connectivity index (χ1n) is 13.7. The van der Waals surface area contributed by atoms with Crippen molar-refractivity contribution in [1.29, 1.82) is 0 Å². The molecule has 2 saturated heterocycles. The molecule has 1 aromatic rings. The Kier molecular flexibility index (Phi) is 8.21. The molecule has 0 bridgehead atoms. The van der Waals surface area contributed by atoms with Gasteiger partial charge >= 0.3 is 0 Å². The van der Waals surface area contributed by atoms with Crippen LogP contribution in [0.3, 0.4) is 0 Å². The number of carbonyl (C=O) groups excluding carboxylic acids is 2. The third-order valence-corrected chi connectivity index (χ3v) is 8.93. The van der Waals surface area contributed by atoms with Crippen molar-refractivity contribution in [2.45, 2.75) is 103 Å². The Hall–Kier alpha value is -1.93. The number of ether oxygens (including phenoxy) is 1. The summed E-state index contributed by atoms with van der Waals surface area (Å²) >= 11 is 0. The summed E-state index contributed by atoms with van der Waals surface area (Å²) in [6.45, 7) is 9.37. The maximum atomic E-state index is 14.0. The number of piperidine rings is 1. The first-order valence-corrected chi connectivity index (χ1v) is 13.7. The zero-order chi connectivity index (χ0) is 25.2. The molecule has 1 aliphatic carbocycles. The molecule has 3 aliphatic rings. The van der Waals surface area contributed by atoms with Crippen LogP contribution in [0.5, 0.6) is 0 Å². The molecule has 8 nitrogen and oxygen atoms in total. The molecular weight excluding hydrogens is 442 g/mol. The van der Waals surface area contributed by atoms with Crippen molar-refractivity contribution in [3.63, 3.8) is 0 Å². The van der Waals surface area contributed by atoms with E-state index in [9.17, 15) is 9.59 Å². The van der Waals surface area contributed by atoms with Crippen molar-refractivity contribution in [2.24, 2.45) is 13.0 Å². The first kappa shape index (κ1) is 26.1. The number of methoxy groups -OCH3 is 1. The first-order chi connectivity index (χ1) is 16.8. The molecular formula is C27H45N5O3. The van der Waals surface area contributed by atoms with Crippen LogP contribution in [0, 0.1) is 19.8 Å². The fraction of sp³-hybridized carbons (Fsp3) is 0.815. The monoisotopic (exact) mass is 487 g/mol. The van der Waals surface area contributed by atoms with Crippen LogP contribution >= 0.6 is 0 Å². The Labute approximate surface area is 210 Å². The topological polar surface area (TPSA) is 79.7 Å². The number of unbranched alkanes of at least 4 members (excludes halogenated alkanes) is 1. The molecule has 8 heteroatoms. The predicted octanol–water partition coefficient (Wildman–Crippen LogP) is 3.09. The van der Waals surface area contributed by atoms with Crippen LogP contribution in [0.15, 0.2) is 0 Å². The van der Waals surface area contributed by atoms with Gasteiger partial charge in [0.15, 0.2) is 0 Å². The van der Waals surface area contributed by atoms with E-state index in [4.69, 9.17) is 4.74 Å². The average molecular weight is 488 g/mol. The number of hydrogen-bond donors (Lipinski definition) is 1. The minimum absolute atomic E-state index is 0.0180. The van der Waals surface area contributed by atoms with Gasteiger partial charge in [-0.3, -0.25) is 19.2 Å². The molecule has 2 atom stereocenters. The highest BCUT2D eigenvalue weighted by atomic mass is 16.5. The number of likely N-dealkylation sites (tertiary alicyclic amines) is 1. The second-order valence-electron chi connectivity index (χ2n) is 11.0. The number of carbonyl (C=O) groups is 2.